The fourth-order valence-corrected chi connectivity index (χ4v) is 5.95. The van der Waals surface area contributed by atoms with Gasteiger partial charge < -0.3 is 24.4 Å². The van der Waals surface area contributed by atoms with E-state index in [0.29, 0.717) is 66.0 Å². The van der Waals surface area contributed by atoms with Gasteiger partial charge in [0.2, 0.25) is 17.7 Å². The van der Waals surface area contributed by atoms with Gasteiger partial charge in [-0.2, -0.15) is 0 Å². The summed E-state index contributed by atoms with van der Waals surface area (Å²) in [6.45, 7) is 4.78. The molecule has 0 radical (unpaired) electrons. The molecule has 2 aliphatic rings. The van der Waals surface area contributed by atoms with Crippen LogP contribution in [0.1, 0.15) is 24.8 Å². The summed E-state index contributed by atoms with van der Waals surface area (Å²) in [4.78, 5) is 43.1. The number of aromatic nitrogens is 3. The second kappa shape index (κ2) is 14.3. The number of benzene rings is 1. The maximum atomic E-state index is 12.1. The third-order valence-corrected chi connectivity index (χ3v) is 8.05. The van der Waals surface area contributed by atoms with E-state index in [1.807, 2.05) is 17.0 Å². The third kappa shape index (κ3) is 8.54. The predicted octanol–water partition coefficient (Wildman–Crippen LogP) is 4.62. The lowest BCUT2D eigenvalue weighted by atomic mass is 9.93. The van der Waals surface area contributed by atoms with Gasteiger partial charge in [0.05, 0.1) is 18.1 Å². The van der Waals surface area contributed by atoms with Crippen molar-refractivity contribution in [1.29, 1.82) is 0 Å². The van der Waals surface area contributed by atoms with Gasteiger partial charge in [0.25, 0.3) is 0 Å². The highest BCUT2D eigenvalue weighted by Gasteiger charge is 2.23. The van der Waals surface area contributed by atoms with E-state index in [1.165, 1.54) is 7.11 Å². The number of rotatable bonds is 10. The number of carboxylic acids is 1. The molecule has 0 aliphatic carbocycles. The third-order valence-electron chi connectivity index (χ3n) is 7.62. The molecule has 0 saturated carbocycles. The summed E-state index contributed by atoms with van der Waals surface area (Å²) in [6, 6.07) is 9.17. The molecule has 4 heterocycles. The van der Waals surface area contributed by atoms with Gasteiger partial charge >= 0.3 is 5.97 Å². The number of carbonyl (C=O) groups excluding carboxylic acids is 1. The maximum absolute atomic E-state index is 12.1. The fourth-order valence-electron chi connectivity index (χ4n) is 5.42. The van der Waals surface area contributed by atoms with Crippen LogP contribution in [-0.4, -0.2) is 94.7 Å². The van der Waals surface area contributed by atoms with Crippen LogP contribution in [0.4, 0.5) is 5.95 Å². The lowest BCUT2D eigenvalue weighted by Crippen LogP contribution is -2.50. The van der Waals surface area contributed by atoms with Gasteiger partial charge in [0, 0.05) is 67.9 Å². The van der Waals surface area contributed by atoms with E-state index in [4.69, 9.17) is 42.8 Å². The standard InChI is InChI=1S/C30H34Cl2N6O5/c1-42-19-28(39)37-6-8-38(9-7-37)30-33-16-25(17-34-30)43-27-11-21(18-36-4-2-20(3-5-36)12-29(40)41)10-26(35-27)22-13-23(31)15-24(32)14-22/h10-11,13-17,20H,2-9,12,18-19H2,1H3,(H,40,41). The Kier molecular flexibility index (Phi) is 10.3. The zero-order chi connectivity index (χ0) is 30.3. The van der Waals surface area contributed by atoms with Crippen molar-refractivity contribution in [2.24, 2.45) is 5.92 Å². The van der Waals surface area contributed by atoms with E-state index in [0.717, 1.165) is 37.1 Å². The summed E-state index contributed by atoms with van der Waals surface area (Å²) in [5.41, 5.74) is 2.42. The summed E-state index contributed by atoms with van der Waals surface area (Å²) in [5, 5.41) is 10.2. The summed E-state index contributed by atoms with van der Waals surface area (Å²) >= 11 is 12.6. The molecule has 0 unspecified atom stereocenters. The molecule has 2 aliphatic heterocycles. The highest BCUT2D eigenvalue weighted by atomic mass is 35.5. The minimum atomic E-state index is -0.742. The first-order valence-electron chi connectivity index (χ1n) is 14.2. The number of hydrogen-bond donors (Lipinski definition) is 1. The number of aliphatic carboxylic acids is 1. The quantitative estimate of drug-likeness (QED) is 0.340. The number of piperidine rings is 1. The molecule has 1 N–H and O–H groups in total. The first kappa shape index (κ1) is 30.9. The number of ether oxygens (including phenoxy) is 2. The molecule has 2 fully saturated rings. The van der Waals surface area contributed by atoms with Crippen molar-refractivity contribution in [3.05, 3.63) is 58.3 Å². The Morgan fingerprint density at radius 1 is 0.953 bits per heavy atom. The molecule has 13 heteroatoms. The van der Waals surface area contributed by atoms with Crippen molar-refractivity contribution in [2.75, 3.05) is 57.9 Å². The predicted molar refractivity (Wildman–Crippen MR) is 163 cm³/mol. The van der Waals surface area contributed by atoms with Crippen LogP contribution in [0.2, 0.25) is 10.0 Å². The Hall–Kier alpha value is -3.51. The number of pyridine rings is 1. The molecule has 0 atom stereocenters. The zero-order valence-corrected chi connectivity index (χ0v) is 25.4. The molecule has 0 spiro atoms. The molecular weight excluding hydrogens is 595 g/mol. The average molecular weight is 630 g/mol. The van der Waals surface area contributed by atoms with E-state index < -0.39 is 5.97 Å². The number of piperazine rings is 1. The Bertz CT molecular complexity index is 1410. The summed E-state index contributed by atoms with van der Waals surface area (Å²) < 4.78 is 11.1. The molecular formula is C30H34Cl2N6O5. The SMILES string of the molecule is COCC(=O)N1CCN(c2ncc(Oc3cc(CN4CCC(CC(=O)O)CC4)cc(-c4cc(Cl)cc(Cl)c4)n3)cn2)CC1. The fraction of sp³-hybridized carbons (Fsp3) is 0.433. The molecule has 0 bridgehead atoms. The van der Waals surface area contributed by atoms with Crippen molar-refractivity contribution < 1.29 is 24.2 Å². The highest BCUT2D eigenvalue weighted by molar-refractivity contribution is 6.35. The van der Waals surface area contributed by atoms with Gasteiger partial charge in [-0.25, -0.2) is 15.0 Å². The van der Waals surface area contributed by atoms with Crippen molar-refractivity contribution in [3.63, 3.8) is 0 Å². The van der Waals surface area contributed by atoms with Crippen LogP contribution in [-0.2, 0) is 20.9 Å². The monoisotopic (exact) mass is 628 g/mol. The lowest BCUT2D eigenvalue weighted by Gasteiger charge is -2.34. The molecule has 1 amide bonds. The Morgan fingerprint density at radius 2 is 1.63 bits per heavy atom. The highest BCUT2D eigenvalue weighted by Crippen LogP contribution is 2.31. The first-order chi connectivity index (χ1) is 20.7. The van der Waals surface area contributed by atoms with Gasteiger partial charge in [0.1, 0.15) is 6.61 Å². The second-order valence-corrected chi connectivity index (χ2v) is 11.7. The molecule has 5 rings (SSSR count). The average Bonchev–Trinajstić information content (AvgIpc) is 2.98. The van der Waals surface area contributed by atoms with Gasteiger partial charge in [-0.05, 0) is 61.7 Å². The van der Waals surface area contributed by atoms with Crippen molar-refractivity contribution in [3.8, 4) is 22.9 Å². The molecule has 2 saturated heterocycles. The Morgan fingerprint density at radius 3 is 2.26 bits per heavy atom. The largest absolute Gasteiger partial charge is 0.481 e. The summed E-state index contributed by atoms with van der Waals surface area (Å²) in [5.74, 6) is 0.822. The first-order valence-corrected chi connectivity index (χ1v) is 14.9. The minimum Gasteiger partial charge on any atom is -0.481 e. The van der Waals surface area contributed by atoms with Crippen LogP contribution in [0.25, 0.3) is 11.3 Å². The van der Waals surface area contributed by atoms with Crippen LogP contribution in [0, 0.1) is 5.92 Å². The second-order valence-electron chi connectivity index (χ2n) is 10.8. The normalized spacial score (nSPS) is 16.3. The number of likely N-dealkylation sites (tertiary alicyclic amines) is 1. The van der Waals surface area contributed by atoms with Gasteiger partial charge in [-0.1, -0.05) is 23.2 Å². The minimum absolute atomic E-state index is 0.0244. The van der Waals surface area contributed by atoms with Gasteiger partial charge in [0.15, 0.2) is 5.75 Å². The topological polar surface area (TPSA) is 121 Å². The number of amides is 1. The number of nitrogens with zero attached hydrogens (tertiary/aromatic N) is 6. The lowest BCUT2D eigenvalue weighted by molar-refractivity contribution is -0.138. The molecule has 2 aromatic heterocycles. The number of methoxy groups -OCH3 is 1. The van der Waals surface area contributed by atoms with Crippen molar-refractivity contribution in [1.82, 2.24) is 24.8 Å². The van der Waals surface area contributed by atoms with Crippen LogP contribution >= 0.6 is 23.2 Å². The van der Waals surface area contributed by atoms with Crippen LogP contribution < -0.4 is 9.64 Å². The number of anilines is 1. The van der Waals surface area contributed by atoms with Crippen molar-refractivity contribution in [2.45, 2.75) is 25.8 Å². The maximum Gasteiger partial charge on any atom is 0.303 e. The summed E-state index contributed by atoms with van der Waals surface area (Å²) in [6.07, 6.45) is 5.13. The Labute approximate surface area is 260 Å². The number of carboxylic acid groups (broad SMARTS) is 1. The molecule has 43 heavy (non-hydrogen) atoms. The van der Waals surface area contributed by atoms with E-state index in [1.54, 1.807) is 35.5 Å². The van der Waals surface area contributed by atoms with Crippen LogP contribution in [0.5, 0.6) is 11.6 Å². The molecule has 3 aromatic rings. The number of hydrogen-bond acceptors (Lipinski definition) is 9. The smallest absolute Gasteiger partial charge is 0.303 e. The van der Waals surface area contributed by atoms with Crippen molar-refractivity contribution >= 4 is 41.0 Å². The van der Waals surface area contributed by atoms with Crippen LogP contribution in [0.3, 0.4) is 0 Å². The summed E-state index contributed by atoms with van der Waals surface area (Å²) in [7, 11) is 1.51. The van der Waals surface area contributed by atoms with E-state index in [9.17, 15) is 9.59 Å². The van der Waals surface area contributed by atoms with E-state index in [-0.39, 0.29) is 24.9 Å². The Balaban J connectivity index is 1.30. The van der Waals surface area contributed by atoms with Crippen LogP contribution in [0.15, 0.2) is 42.7 Å². The number of carbonyl (C=O) groups is 2. The van der Waals surface area contributed by atoms with Gasteiger partial charge in [-0.3, -0.25) is 14.5 Å². The van der Waals surface area contributed by atoms with E-state index >= 15 is 0 Å². The molecule has 11 nitrogen and oxygen atoms in total. The molecule has 228 valence electrons. The van der Waals surface area contributed by atoms with Gasteiger partial charge in [-0.15, -0.1) is 0 Å². The zero-order valence-electron chi connectivity index (χ0n) is 23.9. The number of halogens is 2. The van der Waals surface area contributed by atoms with E-state index in [2.05, 4.69) is 14.9 Å². The molecule has 1 aromatic carbocycles.